The molecule has 0 aromatic heterocycles. The fourth-order valence-electron chi connectivity index (χ4n) is 4.51. The number of alkyl halides is 2. The Morgan fingerprint density at radius 1 is 1.22 bits per heavy atom. The third kappa shape index (κ3) is 3.51. The van der Waals surface area contributed by atoms with Gasteiger partial charge in [0.2, 0.25) is 5.91 Å². The number of benzene rings is 1. The Morgan fingerprint density at radius 3 is 2.37 bits per heavy atom. The molecule has 1 aromatic rings. The molecule has 146 valence electrons. The van der Waals surface area contributed by atoms with Crippen LogP contribution in [-0.4, -0.2) is 42.1 Å². The van der Waals surface area contributed by atoms with E-state index in [4.69, 9.17) is 4.74 Å². The average Bonchev–Trinajstić information content (AvgIpc) is 3.02. The normalized spacial score (nSPS) is 28.6. The first-order valence-electron chi connectivity index (χ1n) is 9.48. The van der Waals surface area contributed by atoms with Crippen LogP contribution in [0.2, 0.25) is 0 Å². The van der Waals surface area contributed by atoms with E-state index in [1.165, 1.54) is 12.1 Å². The van der Waals surface area contributed by atoms with E-state index in [2.05, 4.69) is 5.32 Å². The number of rotatable bonds is 3. The molecule has 2 saturated heterocycles. The van der Waals surface area contributed by atoms with Gasteiger partial charge in [0.05, 0.1) is 5.54 Å². The maximum absolute atomic E-state index is 13.3. The number of hydrogen-bond donors (Lipinski definition) is 1. The number of ether oxygens (including phenoxy) is 1. The number of amides is 2. The molecule has 3 fully saturated rings. The predicted molar refractivity (Wildman–Crippen MR) is 94.5 cm³/mol. The smallest absolute Gasteiger partial charge is 0.407 e. The Labute approximate surface area is 157 Å². The highest BCUT2D eigenvalue weighted by atomic mass is 19.3. The highest BCUT2D eigenvalue weighted by Gasteiger charge is 2.53. The van der Waals surface area contributed by atoms with E-state index < -0.39 is 12.0 Å². The van der Waals surface area contributed by atoms with Crippen molar-refractivity contribution in [3.05, 3.63) is 35.4 Å². The number of carbonyl (C=O) groups is 2. The lowest BCUT2D eigenvalue weighted by atomic mass is 9.68. The zero-order valence-corrected chi connectivity index (χ0v) is 15.3. The van der Waals surface area contributed by atoms with Crippen molar-refractivity contribution in [2.75, 3.05) is 19.7 Å². The van der Waals surface area contributed by atoms with Crippen molar-refractivity contribution >= 4 is 12.0 Å². The number of alkyl carbamates (subject to hydrolysis) is 1. The van der Waals surface area contributed by atoms with Gasteiger partial charge in [0.1, 0.15) is 6.61 Å². The Balaban J connectivity index is 1.29. The minimum absolute atomic E-state index is 0.0285. The fraction of sp³-hybridized carbons (Fsp3) is 0.600. The van der Waals surface area contributed by atoms with Crippen LogP contribution >= 0.6 is 0 Å². The molecule has 0 atom stereocenters. The van der Waals surface area contributed by atoms with Crippen LogP contribution in [0.3, 0.4) is 0 Å². The number of hydrogen-bond acceptors (Lipinski definition) is 3. The summed E-state index contributed by atoms with van der Waals surface area (Å²) in [5.74, 6) is -2.42. The van der Waals surface area contributed by atoms with Gasteiger partial charge in [-0.25, -0.2) is 13.6 Å². The summed E-state index contributed by atoms with van der Waals surface area (Å²) >= 11 is 0. The lowest BCUT2D eigenvalue weighted by molar-refractivity contribution is -0.142. The fourth-order valence-corrected chi connectivity index (χ4v) is 4.51. The predicted octanol–water partition coefficient (Wildman–Crippen LogP) is 3.39. The molecule has 3 aliphatic rings. The molecule has 2 heterocycles. The van der Waals surface area contributed by atoms with E-state index in [-0.39, 0.29) is 22.9 Å². The number of piperidine rings is 1. The molecular formula is C20H24F2N2O3. The van der Waals surface area contributed by atoms with Crippen molar-refractivity contribution in [2.45, 2.75) is 50.0 Å². The standard InChI is InChI=1S/C20H24F2N2O3/c1-19(21,22)16-4-2-13(3-5-16)14-6-8-24(9-7-14)17(25)15-10-20(11-15)12-27-18(26)23-20/h2-5,14-15H,6-12H2,1H3,(H,23,26). The monoisotopic (exact) mass is 378 g/mol. The summed E-state index contributed by atoms with van der Waals surface area (Å²) in [6.07, 6.45) is 2.57. The first-order valence-corrected chi connectivity index (χ1v) is 9.48. The van der Waals surface area contributed by atoms with Crippen molar-refractivity contribution in [1.82, 2.24) is 10.2 Å². The number of cyclic esters (lactones) is 1. The molecule has 0 bridgehead atoms. The maximum Gasteiger partial charge on any atom is 0.407 e. The molecule has 7 heteroatoms. The van der Waals surface area contributed by atoms with Crippen LogP contribution in [0.1, 0.15) is 49.7 Å². The molecular weight excluding hydrogens is 354 g/mol. The largest absolute Gasteiger partial charge is 0.447 e. The van der Waals surface area contributed by atoms with Gasteiger partial charge in [0.15, 0.2) is 0 Å². The summed E-state index contributed by atoms with van der Waals surface area (Å²) in [4.78, 5) is 25.8. The molecule has 1 saturated carbocycles. The Hall–Kier alpha value is -2.18. The first-order chi connectivity index (χ1) is 12.8. The Kier molecular flexibility index (Phi) is 4.35. The van der Waals surface area contributed by atoms with Crippen molar-refractivity contribution < 1.29 is 23.1 Å². The van der Waals surface area contributed by atoms with Crippen LogP contribution in [0, 0.1) is 5.92 Å². The summed E-state index contributed by atoms with van der Waals surface area (Å²) in [7, 11) is 0. The summed E-state index contributed by atoms with van der Waals surface area (Å²) in [5, 5.41) is 2.81. The average molecular weight is 378 g/mol. The van der Waals surface area contributed by atoms with Gasteiger partial charge < -0.3 is 15.0 Å². The van der Waals surface area contributed by atoms with Gasteiger partial charge in [-0.1, -0.05) is 24.3 Å². The van der Waals surface area contributed by atoms with Crippen molar-refractivity contribution in [1.29, 1.82) is 0 Å². The molecule has 1 aromatic carbocycles. The number of carbonyl (C=O) groups excluding carboxylic acids is 2. The molecule has 27 heavy (non-hydrogen) atoms. The van der Waals surface area contributed by atoms with Crippen LogP contribution in [0.5, 0.6) is 0 Å². The topological polar surface area (TPSA) is 58.6 Å². The minimum atomic E-state index is -2.82. The van der Waals surface area contributed by atoms with Crippen LogP contribution < -0.4 is 5.32 Å². The van der Waals surface area contributed by atoms with E-state index in [1.54, 1.807) is 12.1 Å². The molecule has 1 spiro atoms. The first kappa shape index (κ1) is 18.2. The van der Waals surface area contributed by atoms with E-state index in [0.717, 1.165) is 25.3 Å². The van der Waals surface area contributed by atoms with Gasteiger partial charge in [-0.2, -0.15) is 0 Å². The summed E-state index contributed by atoms with van der Waals surface area (Å²) in [5.41, 5.74) is 0.753. The van der Waals surface area contributed by atoms with Gasteiger partial charge in [0.25, 0.3) is 5.92 Å². The zero-order valence-electron chi connectivity index (χ0n) is 15.3. The Morgan fingerprint density at radius 2 is 1.85 bits per heavy atom. The molecule has 5 nitrogen and oxygen atoms in total. The quantitative estimate of drug-likeness (QED) is 0.877. The lowest BCUT2D eigenvalue weighted by Gasteiger charge is -2.45. The Bertz CT molecular complexity index is 731. The highest BCUT2D eigenvalue weighted by molar-refractivity contribution is 5.81. The van der Waals surface area contributed by atoms with Crippen LogP contribution in [0.15, 0.2) is 24.3 Å². The second kappa shape index (κ2) is 6.46. The summed E-state index contributed by atoms with van der Waals surface area (Å²) in [6, 6.07) is 6.57. The van der Waals surface area contributed by atoms with Crippen LogP contribution in [-0.2, 0) is 15.5 Å². The third-order valence-electron chi connectivity index (χ3n) is 6.17. The van der Waals surface area contributed by atoms with E-state index in [0.29, 0.717) is 38.5 Å². The minimum Gasteiger partial charge on any atom is -0.447 e. The number of halogens is 2. The second-order valence-corrected chi connectivity index (χ2v) is 8.20. The SMILES string of the molecule is CC(F)(F)c1ccc(C2CCN(C(=O)C3CC4(COC(=O)N4)C3)CC2)cc1. The lowest BCUT2D eigenvalue weighted by Crippen LogP contribution is -2.58. The summed E-state index contributed by atoms with van der Waals surface area (Å²) in [6.45, 7) is 2.62. The van der Waals surface area contributed by atoms with Crippen LogP contribution in [0.25, 0.3) is 0 Å². The van der Waals surface area contributed by atoms with E-state index in [1.807, 2.05) is 4.90 Å². The van der Waals surface area contributed by atoms with Gasteiger partial charge in [0, 0.05) is 31.5 Å². The van der Waals surface area contributed by atoms with Crippen molar-refractivity contribution in [2.24, 2.45) is 5.92 Å². The molecule has 0 unspecified atom stereocenters. The number of nitrogens with one attached hydrogen (secondary N) is 1. The van der Waals surface area contributed by atoms with E-state index in [9.17, 15) is 18.4 Å². The molecule has 4 rings (SSSR count). The van der Waals surface area contributed by atoms with Gasteiger partial charge >= 0.3 is 6.09 Å². The molecule has 2 aliphatic heterocycles. The van der Waals surface area contributed by atoms with E-state index >= 15 is 0 Å². The zero-order chi connectivity index (χ0) is 19.2. The highest BCUT2D eigenvalue weighted by Crippen LogP contribution is 2.42. The second-order valence-electron chi connectivity index (χ2n) is 8.20. The molecule has 1 N–H and O–H groups in total. The van der Waals surface area contributed by atoms with Gasteiger partial charge in [-0.3, -0.25) is 4.79 Å². The van der Waals surface area contributed by atoms with Crippen molar-refractivity contribution in [3.8, 4) is 0 Å². The van der Waals surface area contributed by atoms with Crippen LogP contribution in [0.4, 0.5) is 13.6 Å². The molecule has 0 radical (unpaired) electrons. The number of nitrogens with zero attached hydrogens (tertiary/aromatic N) is 1. The van der Waals surface area contributed by atoms with Gasteiger partial charge in [-0.05, 0) is 37.2 Å². The summed E-state index contributed by atoms with van der Waals surface area (Å²) < 4.78 is 31.6. The maximum atomic E-state index is 13.3. The number of likely N-dealkylation sites (tertiary alicyclic amines) is 1. The third-order valence-corrected chi connectivity index (χ3v) is 6.17. The molecule has 2 amide bonds. The van der Waals surface area contributed by atoms with Crippen molar-refractivity contribution in [3.63, 3.8) is 0 Å². The molecule has 1 aliphatic carbocycles. The van der Waals surface area contributed by atoms with Gasteiger partial charge in [-0.15, -0.1) is 0 Å².